The van der Waals surface area contributed by atoms with Crippen LogP contribution in [0.25, 0.3) is 0 Å². The van der Waals surface area contributed by atoms with Crippen LogP contribution in [0.15, 0.2) is 21.8 Å². The van der Waals surface area contributed by atoms with Crippen molar-refractivity contribution >= 4 is 18.4 Å². The molecule has 2 fully saturated rings. The first-order chi connectivity index (χ1) is 16.7. The maximum absolute atomic E-state index is 6.50. The van der Waals surface area contributed by atoms with E-state index in [1.807, 2.05) is 7.11 Å². The zero-order valence-electron chi connectivity index (χ0n) is 24.2. The van der Waals surface area contributed by atoms with E-state index in [4.69, 9.17) is 18.9 Å². The zero-order valence-corrected chi connectivity index (χ0v) is 27.1. The molecule has 35 heavy (non-hydrogen) atoms. The number of hydrogen-bond acceptors (Lipinski definition) is 4. The van der Waals surface area contributed by atoms with Crippen LogP contribution in [0.2, 0.25) is 13.3 Å². The maximum atomic E-state index is 6.50. The quantitative estimate of drug-likeness (QED) is 0.140. The van der Waals surface area contributed by atoms with Gasteiger partial charge in [-0.25, -0.2) is 0 Å². The summed E-state index contributed by atoms with van der Waals surface area (Å²) in [4.78, 5) is 0. The van der Waals surface area contributed by atoms with Crippen molar-refractivity contribution in [2.75, 3.05) is 7.11 Å². The normalized spacial score (nSPS) is 28.3. The third kappa shape index (κ3) is 9.12. The average molecular weight is 599 g/mol. The zero-order chi connectivity index (χ0) is 25.9. The van der Waals surface area contributed by atoms with E-state index in [2.05, 4.69) is 64.7 Å². The van der Waals surface area contributed by atoms with Crippen LogP contribution in [0, 0.1) is 5.92 Å². The molecule has 2 aliphatic heterocycles. The molecule has 0 N–H and O–H groups in total. The average Bonchev–Trinajstić information content (AvgIpc) is 3.13. The van der Waals surface area contributed by atoms with Gasteiger partial charge in [0.1, 0.15) is 0 Å². The molecule has 5 atom stereocenters. The topological polar surface area (TPSA) is 36.9 Å². The Morgan fingerprint density at radius 3 is 1.94 bits per heavy atom. The Labute approximate surface area is 221 Å². The second-order valence-corrected chi connectivity index (χ2v) is 24.4. The van der Waals surface area contributed by atoms with Gasteiger partial charge in [-0.3, -0.25) is 0 Å². The van der Waals surface area contributed by atoms with Crippen molar-refractivity contribution in [3.63, 3.8) is 0 Å². The molecule has 5 heteroatoms. The molecule has 0 aliphatic carbocycles. The minimum absolute atomic E-state index is 0.0536. The van der Waals surface area contributed by atoms with Gasteiger partial charge in [0.2, 0.25) is 0 Å². The van der Waals surface area contributed by atoms with Crippen molar-refractivity contribution in [3.05, 3.63) is 21.8 Å². The monoisotopic (exact) mass is 600 g/mol. The summed E-state index contributed by atoms with van der Waals surface area (Å²) in [6.45, 7) is 15.6. The summed E-state index contributed by atoms with van der Waals surface area (Å²) in [5, 5.41) is 0. The first kappa shape index (κ1) is 31.3. The van der Waals surface area contributed by atoms with Gasteiger partial charge in [-0.05, 0) is 0 Å². The molecule has 1 spiro atoms. The molecule has 0 aromatic heterocycles. The van der Waals surface area contributed by atoms with Crippen LogP contribution in [-0.4, -0.2) is 55.9 Å². The molecule has 0 amide bonds. The predicted molar refractivity (Wildman–Crippen MR) is 150 cm³/mol. The van der Waals surface area contributed by atoms with Gasteiger partial charge in [-0.15, -0.1) is 0 Å². The third-order valence-electron chi connectivity index (χ3n) is 8.38. The minimum atomic E-state index is -2.26. The van der Waals surface area contributed by atoms with E-state index in [0.29, 0.717) is 0 Å². The number of hydrogen-bond donors (Lipinski definition) is 0. The van der Waals surface area contributed by atoms with Gasteiger partial charge >= 0.3 is 222 Å². The van der Waals surface area contributed by atoms with Gasteiger partial charge in [0.05, 0.1) is 0 Å². The van der Waals surface area contributed by atoms with E-state index in [0.717, 1.165) is 19.3 Å². The molecule has 0 radical (unpaired) electrons. The molecule has 0 aromatic rings. The summed E-state index contributed by atoms with van der Waals surface area (Å²) in [6, 6.07) is 0. The molecule has 0 aromatic carbocycles. The van der Waals surface area contributed by atoms with Crippen LogP contribution in [0.3, 0.4) is 0 Å². The van der Waals surface area contributed by atoms with Crippen LogP contribution in [0.1, 0.15) is 106 Å². The van der Waals surface area contributed by atoms with Crippen LogP contribution >= 0.6 is 0 Å². The molecule has 0 bridgehead atoms. The van der Waals surface area contributed by atoms with Gasteiger partial charge in [0.15, 0.2) is 0 Å². The van der Waals surface area contributed by atoms with Crippen LogP contribution < -0.4 is 0 Å². The van der Waals surface area contributed by atoms with E-state index < -0.39 is 24.4 Å². The van der Waals surface area contributed by atoms with Crippen LogP contribution in [0.4, 0.5) is 0 Å². The van der Waals surface area contributed by atoms with Gasteiger partial charge < -0.3 is 0 Å². The molecule has 2 rings (SSSR count). The van der Waals surface area contributed by atoms with Gasteiger partial charge in [-0.1, -0.05) is 0 Å². The van der Waals surface area contributed by atoms with Crippen molar-refractivity contribution in [1.82, 2.24) is 0 Å². The summed E-state index contributed by atoms with van der Waals surface area (Å²) >= 11 is -2.26. The SMILES string of the molecule is CCC[CH2][Sn](/[CH]=C/C=C(\C)[C@H](C[C@@H]1CC[C@@H](C)C2(O1)O[C@H](C)[C@@H](C)O2)OC)([CH2]CCC)[CH2]CCC. The van der Waals surface area contributed by atoms with Gasteiger partial charge in [0.25, 0.3) is 0 Å². The van der Waals surface area contributed by atoms with Crippen molar-refractivity contribution in [3.8, 4) is 0 Å². The fourth-order valence-electron chi connectivity index (χ4n) is 5.64. The molecule has 2 saturated heterocycles. The standard InChI is InChI=1S/C18H29O4.3C4H9.Sn/c1-7-8-12(2)17(19-6)11-16-10-9-13(3)18(22-16)20-14(4)15(5)21-18;3*1-3-4-2;/h1,7-8,13-17H,9-11H2,2-6H3;3*1,3-4H2,2H3;/b7-1?,12-8+;;;;/t13-,14-,15-,16+,17+;;;;/m1..../s1. The van der Waals surface area contributed by atoms with Crippen LogP contribution in [0.5, 0.6) is 0 Å². The number of allylic oxidation sites excluding steroid dienone is 2. The number of methoxy groups -OCH3 is 1. The fraction of sp³-hybridized carbons (Fsp3) is 0.867. The summed E-state index contributed by atoms with van der Waals surface area (Å²) in [5.74, 6) is -0.648. The fourth-order valence-corrected chi connectivity index (χ4v) is 19.7. The Hall–Kier alpha value is 0.119. The van der Waals surface area contributed by atoms with Crippen molar-refractivity contribution in [2.24, 2.45) is 5.92 Å². The van der Waals surface area contributed by atoms with Crippen molar-refractivity contribution in [1.29, 1.82) is 0 Å². The molecule has 204 valence electrons. The summed E-state index contributed by atoms with van der Waals surface area (Å²) < 4.78 is 32.2. The Morgan fingerprint density at radius 2 is 1.46 bits per heavy atom. The van der Waals surface area contributed by atoms with Crippen LogP contribution in [-0.2, 0) is 18.9 Å². The second kappa shape index (κ2) is 15.5. The summed E-state index contributed by atoms with van der Waals surface area (Å²) in [5.41, 5.74) is 1.29. The van der Waals surface area contributed by atoms with E-state index in [9.17, 15) is 0 Å². The number of ether oxygens (including phenoxy) is 4. The Kier molecular flexibility index (Phi) is 13.9. The van der Waals surface area contributed by atoms with E-state index in [1.54, 1.807) is 0 Å². The summed E-state index contributed by atoms with van der Waals surface area (Å²) in [6.07, 6.45) is 16.1. The molecule has 2 heterocycles. The van der Waals surface area contributed by atoms with E-state index >= 15 is 0 Å². The third-order valence-corrected chi connectivity index (χ3v) is 22.5. The predicted octanol–water partition coefficient (Wildman–Crippen LogP) is 8.58. The number of rotatable bonds is 15. The van der Waals surface area contributed by atoms with Crippen molar-refractivity contribution < 1.29 is 18.9 Å². The molecule has 2 aliphatic rings. The van der Waals surface area contributed by atoms with E-state index in [1.165, 1.54) is 57.4 Å². The Bertz CT molecular complexity index is 629. The van der Waals surface area contributed by atoms with E-state index in [-0.39, 0.29) is 30.3 Å². The molecule has 0 unspecified atom stereocenters. The Balaban J connectivity index is 2.08. The molecular weight excluding hydrogens is 543 g/mol. The second-order valence-electron chi connectivity index (χ2n) is 11.4. The molecule has 0 saturated carbocycles. The Morgan fingerprint density at radius 1 is 0.914 bits per heavy atom. The van der Waals surface area contributed by atoms with Gasteiger partial charge in [0, 0.05) is 0 Å². The summed E-state index contributed by atoms with van der Waals surface area (Å²) in [7, 11) is 1.83. The first-order valence-corrected chi connectivity index (χ1v) is 22.4. The first-order valence-electron chi connectivity index (χ1n) is 14.7. The van der Waals surface area contributed by atoms with Gasteiger partial charge in [-0.2, -0.15) is 0 Å². The molecule has 4 nitrogen and oxygen atoms in total. The number of unbranched alkanes of at least 4 members (excludes halogenated alkanes) is 3. The molecular formula is C30H56O4Sn. The van der Waals surface area contributed by atoms with Crippen molar-refractivity contribution in [2.45, 2.75) is 150 Å².